The summed E-state index contributed by atoms with van der Waals surface area (Å²) in [6.45, 7) is 2.99. The fourth-order valence-corrected chi connectivity index (χ4v) is 2.44. The molecule has 2 atom stereocenters. The molecule has 0 amide bonds. The van der Waals surface area contributed by atoms with Gasteiger partial charge in [-0.25, -0.2) is 0 Å². The lowest BCUT2D eigenvalue weighted by Crippen LogP contribution is -2.14. The molecular weight excluding hydrogens is 218 g/mol. The lowest BCUT2D eigenvalue weighted by molar-refractivity contribution is 0.564. The topological polar surface area (TPSA) is 26.0 Å². The van der Waals surface area contributed by atoms with Crippen molar-refractivity contribution in [2.75, 3.05) is 6.54 Å². The van der Waals surface area contributed by atoms with Crippen molar-refractivity contribution >= 4 is 0 Å². The first kappa shape index (κ1) is 12.8. The summed E-state index contributed by atoms with van der Waals surface area (Å²) in [7, 11) is 0. The molecule has 0 aliphatic carbocycles. The molecule has 18 heavy (non-hydrogen) atoms. The summed E-state index contributed by atoms with van der Waals surface area (Å²) in [5.41, 5.74) is 8.68. The van der Waals surface area contributed by atoms with Gasteiger partial charge in [-0.15, -0.1) is 0 Å². The molecule has 0 saturated carbocycles. The van der Waals surface area contributed by atoms with Gasteiger partial charge in [-0.2, -0.15) is 0 Å². The molecule has 0 aliphatic rings. The molecule has 0 bridgehead atoms. The van der Waals surface area contributed by atoms with E-state index in [2.05, 4.69) is 67.6 Å². The van der Waals surface area contributed by atoms with Crippen LogP contribution in [0.5, 0.6) is 0 Å². The number of hydrogen-bond acceptors (Lipinski definition) is 1. The summed E-state index contributed by atoms with van der Waals surface area (Å²) in [5.74, 6) is 0.987. The standard InChI is InChI=1S/C17H21N/c1-14(15-8-4-2-5-9-15)12-17(13-18)16-10-6-3-7-11-16/h2-11,14,17H,12-13,18H2,1H3. The van der Waals surface area contributed by atoms with E-state index in [0.717, 1.165) is 6.42 Å². The Balaban J connectivity index is 2.07. The zero-order chi connectivity index (χ0) is 12.8. The van der Waals surface area contributed by atoms with Crippen molar-refractivity contribution in [1.29, 1.82) is 0 Å². The van der Waals surface area contributed by atoms with Crippen molar-refractivity contribution in [3.05, 3.63) is 71.8 Å². The third kappa shape index (κ3) is 3.21. The van der Waals surface area contributed by atoms with Gasteiger partial charge < -0.3 is 5.73 Å². The average Bonchev–Trinajstić information content (AvgIpc) is 2.46. The van der Waals surface area contributed by atoms with Crippen molar-refractivity contribution in [2.24, 2.45) is 5.73 Å². The molecule has 2 rings (SSSR count). The van der Waals surface area contributed by atoms with Crippen LogP contribution in [0.3, 0.4) is 0 Å². The first-order chi connectivity index (χ1) is 8.81. The molecule has 0 aliphatic heterocycles. The van der Waals surface area contributed by atoms with E-state index in [4.69, 9.17) is 5.73 Å². The Morgan fingerprint density at radius 1 is 0.833 bits per heavy atom. The summed E-state index contributed by atoms with van der Waals surface area (Å²) >= 11 is 0. The number of rotatable bonds is 5. The minimum absolute atomic E-state index is 0.446. The highest BCUT2D eigenvalue weighted by Gasteiger charge is 2.14. The first-order valence-corrected chi connectivity index (χ1v) is 6.61. The van der Waals surface area contributed by atoms with E-state index in [9.17, 15) is 0 Å². The van der Waals surface area contributed by atoms with Crippen molar-refractivity contribution in [3.63, 3.8) is 0 Å². The molecule has 1 heteroatoms. The van der Waals surface area contributed by atoms with Gasteiger partial charge in [-0.3, -0.25) is 0 Å². The van der Waals surface area contributed by atoms with Crippen LogP contribution in [0, 0.1) is 0 Å². The van der Waals surface area contributed by atoms with Gasteiger partial charge in [-0.1, -0.05) is 67.6 Å². The van der Waals surface area contributed by atoms with Crippen molar-refractivity contribution in [3.8, 4) is 0 Å². The van der Waals surface area contributed by atoms with Gasteiger partial charge in [-0.05, 0) is 35.9 Å². The van der Waals surface area contributed by atoms with Gasteiger partial charge in [0.05, 0.1) is 0 Å². The Morgan fingerprint density at radius 2 is 1.33 bits per heavy atom. The highest BCUT2D eigenvalue weighted by molar-refractivity contribution is 5.23. The van der Waals surface area contributed by atoms with Gasteiger partial charge in [0.1, 0.15) is 0 Å². The molecule has 0 spiro atoms. The highest BCUT2D eigenvalue weighted by Crippen LogP contribution is 2.28. The predicted octanol–water partition coefficient (Wildman–Crippen LogP) is 3.92. The third-order valence-electron chi connectivity index (χ3n) is 3.56. The Bertz CT molecular complexity index is 450. The molecule has 0 fully saturated rings. The quantitative estimate of drug-likeness (QED) is 0.840. The number of nitrogens with two attached hydrogens (primary N) is 1. The molecule has 2 unspecified atom stereocenters. The minimum atomic E-state index is 0.446. The summed E-state index contributed by atoms with van der Waals surface area (Å²) in [5, 5.41) is 0. The fourth-order valence-electron chi connectivity index (χ4n) is 2.44. The maximum absolute atomic E-state index is 5.93. The van der Waals surface area contributed by atoms with Crippen LogP contribution < -0.4 is 5.73 Å². The second kappa shape index (κ2) is 6.36. The van der Waals surface area contributed by atoms with E-state index in [-0.39, 0.29) is 0 Å². The molecule has 0 heterocycles. The minimum Gasteiger partial charge on any atom is -0.330 e. The van der Waals surface area contributed by atoms with Crippen LogP contribution in [0.1, 0.15) is 36.3 Å². The van der Waals surface area contributed by atoms with Crippen molar-refractivity contribution in [1.82, 2.24) is 0 Å². The Hall–Kier alpha value is -1.60. The Morgan fingerprint density at radius 3 is 1.83 bits per heavy atom. The zero-order valence-electron chi connectivity index (χ0n) is 10.9. The van der Waals surface area contributed by atoms with Crippen LogP contribution in [0.2, 0.25) is 0 Å². The molecule has 2 N–H and O–H groups in total. The number of hydrogen-bond donors (Lipinski definition) is 1. The smallest absolute Gasteiger partial charge is 0.000802 e. The van der Waals surface area contributed by atoms with E-state index in [1.165, 1.54) is 11.1 Å². The van der Waals surface area contributed by atoms with Crippen LogP contribution in [-0.2, 0) is 0 Å². The van der Waals surface area contributed by atoms with Crippen molar-refractivity contribution in [2.45, 2.75) is 25.2 Å². The van der Waals surface area contributed by atoms with E-state index < -0.39 is 0 Å². The molecule has 2 aromatic carbocycles. The molecule has 2 aromatic rings. The molecule has 0 aromatic heterocycles. The van der Waals surface area contributed by atoms with E-state index in [1.54, 1.807) is 0 Å². The lowest BCUT2D eigenvalue weighted by atomic mass is 9.86. The summed E-state index contributed by atoms with van der Waals surface area (Å²) < 4.78 is 0. The van der Waals surface area contributed by atoms with Gasteiger partial charge in [0.15, 0.2) is 0 Å². The van der Waals surface area contributed by atoms with Crippen molar-refractivity contribution < 1.29 is 0 Å². The zero-order valence-corrected chi connectivity index (χ0v) is 10.9. The first-order valence-electron chi connectivity index (χ1n) is 6.61. The van der Waals surface area contributed by atoms with Crippen LogP contribution in [0.4, 0.5) is 0 Å². The van der Waals surface area contributed by atoms with E-state index in [1.807, 2.05) is 0 Å². The second-order valence-corrected chi connectivity index (χ2v) is 4.89. The monoisotopic (exact) mass is 239 g/mol. The Kier molecular flexibility index (Phi) is 4.54. The lowest BCUT2D eigenvalue weighted by Gasteiger charge is -2.20. The van der Waals surface area contributed by atoms with Gasteiger partial charge in [0.25, 0.3) is 0 Å². The Labute approximate surface area is 110 Å². The van der Waals surface area contributed by atoms with Crippen LogP contribution in [0.25, 0.3) is 0 Å². The SMILES string of the molecule is CC(CC(CN)c1ccccc1)c1ccccc1. The van der Waals surface area contributed by atoms with E-state index >= 15 is 0 Å². The normalized spacial score (nSPS) is 14.1. The highest BCUT2D eigenvalue weighted by atomic mass is 14.5. The molecule has 1 nitrogen and oxygen atoms in total. The van der Waals surface area contributed by atoms with Gasteiger partial charge >= 0.3 is 0 Å². The molecular formula is C17H21N. The van der Waals surface area contributed by atoms with Crippen LogP contribution >= 0.6 is 0 Å². The maximum atomic E-state index is 5.93. The summed E-state index contributed by atoms with van der Waals surface area (Å²) in [6.07, 6.45) is 1.10. The number of benzene rings is 2. The predicted molar refractivity (Wildman–Crippen MR) is 77.7 cm³/mol. The second-order valence-electron chi connectivity index (χ2n) is 4.89. The molecule has 0 saturated heterocycles. The van der Waals surface area contributed by atoms with Gasteiger partial charge in [0, 0.05) is 0 Å². The fraction of sp³-hybridized carbons (Fsp3) is 0.294. The summed E-state index contributed by atoms with van der Waals surface area (Å²) in [4.78, 5) is 0. The average molecular weight is 239 g/mol. The molecule has 94 valence electrons. The van der Waals surface area contributed by atoms with E-state index in [0.29, 0.717) is 18.4 Å². The van der Waals surface area contributed by atoms with Crippen LogP contribution in [-0.4, -0.2) is 6.54 Å². The maximum Gasteiger partial charge on any atom is -0.000802 e. The molecule has 0 radical (unpaired) electrons. The largest absolute Gasteiger partial charge is 0.330 e. The third-order valence-corrected chi connectivity index (χ3v) is 3.56. The van der Waals surface area contributed by atoms with Gasteiger partial charge in [0.2, 0.25) is 0 Å². The summed E-state index contributed by atoms with van der Waals surface area (Å²) in [6, 6.07) is 21.2. The van der Waals surface area contributed by atoms with Crippen LogP contribution in [0.15, 0.2) is 60.7 Å².